The van der Waals surface area contributed by atoms with Crippen molar-refractivity contribution >= 4 is 38.1 Å². The van der Waals surface area contributed by atoms with Gasteiger partial charge in [-0.2, -0.15) is 0 Å². The van der Waals surface area contributed by atoms with Gasteiger partial charge in [0.05, 0.1) is 0 Å². The molecule has 4 aliphatic rings. The van der Waals surface area contributed by atoms with E-state index in [2.05, 4.69) is 90.7 Å². The highest BCUT2D eigenvalue weighted by Crippen LogP contribution is 2.60. The molecule has 1 atom stereocenters. The Morgan fingerprint density at radius 1 is 0.680 bits per heavy atom. The fraction of sp³-hybridized carbons (Fsp3) is 0.0417. The monoisotopic (exact) mass is 331 g/mol. The summed E-state index contributed by atoms with van der Waals surface area (Å²) in [7, 11) is 0.737. The summed E-state index contributed by atoms with van der Waals surface area (Å²) in [5.41, 5.74) is 13.6. The van der Waals surface area contributed by atoms with Gasteiger partial charge < -0.3 is 0 Å². The van der Waals surface area contributed by atoms with Crippen LogP contribution in [0.1, 0.15) is 22.3 Å². The van der Waals surface area contributed by atoms with Crippen molar-refractivity contribution in [2.45, 2.75) is 5.04 Å². The second-order valence-electron chi connectivity index (χ2n) is 6.93. The molecular weight excluding hydrogens is 316 g/mol. The molecule has 115 valence electrons. The summed E-state index contributed by atoms with van der Waals surface area (Å²) in [5, 5.41) is -0.00773. The van der Waals surface area contributed by atoms with Gasteiger partial charge in [-0.05, 0) is 56.7 Å². The van der Waals surface area contributed by atoms with Gasteiger partial charge in [0.2, 0.25) is 0 Å². The van der Waals surface area contributed by atoms with Crippen LogP contribution in [0.5, 0.6) is 0 Å². The largest absolute Gasteiger partial charge is 0.0793 e. The second-order valence-corrected chi connectivity index (χ2v) is 8.34. The van der Waals surface area contributed by atoms with Crippen LogP contribution in [-0.4, -0.2) is 14.8 Å². The fourth-order valence-electron chi connectivity index (χ4n) is 4.58. The zero-order valence-corrected chi connectivity index (χ0v) is 14.7. The van der Waals surface area contributed by atoms with Crippen LogP contribution < -0.4 is 0 Å². The molecule has 1 unspecified atom stereocenters. The Kier molecular flexibility index (Phi) is 2.51. The van der Waals surface area contributed by atoms with Gasteiger partial charge in [-0.25, -0.2) is 0 Å². The number of hydrogen-bond acceptors (Lipinski definition) is 0. The van der Waals surface area contributed by atoms with Gasteiger partial charge in [-0.15, -0.1) is 0 Å². The van der Waals surface area contributed by atoms with E-state index in [0.29, 0.717) is 0 Å². The van der Waals surface area contributed by atoms with Crippen LogP contribution >= 0.6 is 0 Å². The van der Waals surface area contributed by atoms with Crippen LogP contribution in [0, 0.1) is 0 Å². The van der Waals surface area contributed by atoms with E-state index in [9.17, 15) is 0 Å². The van der Waals surface area contributed by atoms with Crippen molar-refractivity contribution < 1.29 is 0 Å². The molecular formula is C24H15Si. The van der Waals surface area contributed by atoms with Crippen LogP contribution in [0.3, 0.4) is 0 Å². The number of hydrogen-bond donors (Lipinski definition) is 0. The van der Waals surface area contributed by atoms with Crippen LogP contribution in [-0.2, 0) is 0 Å². The maximum absolute atomic E-state index is 2.42. The molecule has 1 radical (unpaired) electrons. The van der Waals surface area contributed by atoms with Gasteiger partial charge in [0.15, 0.2) is 0 Å². The zero-order chi connectivity index (χ0) is 16.4. The van der Waals surface area contributed by atoms with E-state index in [1.54, 1.807) is 0 Å². The minimum atomic E-state index is -0.00773. The van der Waals surface area contributed by atoms with Crippen molar-refractivity contribution in [1.29, 1.82) is 0 Å². The Labute approximate surface area is 149 Å². The molecule has 1 heterocycles. The normalized spacial score (nSPS) is 24.0. The maximum Gasteiger partial charge on any atom is 0.0471 e. The quantitative estimate of drug-likeness (QED) is 0.582. The molecule has 0 fully saturated rings. The lowest BCUT2D eigenvalue weighted by Gasteiger charge is -2.36. The van der Waals surface area contributed by atoms with Crippen molar-refractivity contribution in [2.75, 3.05) is 0 Å². The van der Waals surface area contributed by atoms with Gasteiger partial charge in [0.25, 0.3) is 0 Å². The first-order chi connectivity index (χ1) is 12.4. The lowest BCUT2D eigenvalue weighted by Crippen LogP contribution is -2.24. The van der Waals surface area contributed by atoms with E-state index >= 15 is 0 Å². The van der Waals surface area contributed by atoms with Crippen molar-refractivity contribution in [3.05, 3.63) is 106 Å². The predicted octanol–water partition coefficient (Wildman–Crippen LogP) is 5.20. The summed E-state index contributed by atoms with van der Waals surface area (Å²) in [4.78, 5) is 0. The highest BCUT2D eigenvalue weighted by Gasteiger charge is 2.43. The molecule has 0 amide bonds. The average Bonchev–Trinajstić information content (AvgIpc) is 3.23. The summed E-state index contributed by atoms with van der Waals surface area (Å²) in [6, 6.07) is 17.5. The third-order valence-electron chi connectivity index (χ3n) is 5.70. The molecule has 0 saturated carbocycles. The van der Waals surface area contributed by atoms with E-state index in [1.807, 2.05) is 0 Å². The number of benzene rings is 2. The molecule has 2 aromatic carbocycles. The summed E-state index contributed by atoms with van der Waals surface area (Å²) in [6.45, 7) is 0. The van der Waals surface area contributed by atoms with Gasteiger partial charge in [0.1, 0.15) is 0 Å². The van der Waals surface area contributed by atoms with Crippen LogP contribution in [0.25, 0.3) is 23.3 Å². The summed E-state index contributed by atoms with van der Waals surface area (Å²) in [5.74, 6) is 0. The Hall–Kier alpha value is -2.77. The van der Waals surface area contributed by atoms with Crippen molar-refractivity contribution in [1.82, 2.24) is 0 Å². The fourth-order valence-corrected chi connectivity index (χ4v) is 6.01. The Balaban J connectivity index is 1.60. The first-order valence-corrected chi connectivity index (χ1v) is 9.79. The molecule has 0 bridgehead atoms. The Bertz CT molecular complexity index is 1040. The topological polar surface area (TPSA) is 0 Å². The lowest BCUT2D eigenvalue weighted by atomic mass is 9.79. The summed E-state index contributed by atoms with van der Waals surface area (Å²) in [6.07, 6.45) is 14.1. The van der Waals surface area contributed by atoms with E-state index < -0.39 is 0 Å². The van der Waals surface area contributed by atoms with Crippen LogP contribution in [0.2, 0.25) is 5.04 Å². The number of rotatable bonds is 0. The van der Waals surface area contributed by atoms with Crippen LogP contribution in [0.15, 0.2) is 84.0 Å². The third kappa shape index (κ3) is 1.64. The van der Waals surface area contributed by atoms with E-state index in [-0.39, 0.29) is 5.04 Å². The number of allylic oxidation sites excluding steroid dienone is 8. The molecule has 0 aromatic heterocycles. The van der Waals surface area contributed by atoms with E-state index in [0.717, 1.165) is 9.13 Å². The molecule has 3 aliphatic carbocycles. The molecule has 1 spiro atoms. The molecule has 1 aliphatic heterocycles. The van der Waals surface area contributed by atoms with Crippen LogP contribution in [0.4, 0.5) is 0 Å². The predicted molar refractivity (Wildman–Crippen MR) is 108 cm³/mol. The molecule has 25 heavy (non-hydrogen) atoms. The highest BCUT2D eigenvalue weighted by molar-refractivity contribution is 6.59. The summed E-state index contributed by atoms with van der Waals surface area (Å²) >= 11 is 0. The molecule has 0 N–H and O–H groups in total. The van der Waals surface area contributed by atoms with Crippen molar-refractivity contribution in [3.8, 4) is 0 Å². The maximum atomic E-state index is 2.42. The van der Waals surface area contributed by atoms with Crippen molar-refractivity contribution in [2.24, 2.45) is 0 Å². The van der Waals surface area contributed by atoms with E-state index in [1.165, 1.54) is 44.5 Å². The molecule has 0 nitrogen and oxygen atoms in total. The standard InChI is InChI=1S/C24H15Si/c1-3-8-18-16(6-1)14-22-20(18)10-5-12-24(22)23-15-17-7-2-4-9-19(17)21(23)11-13-25-24/h1-15H. The zero-order valence-electron chi connectivity index (χ0n) is 13.7. The number of fused-ring (bicyclic) bond motifs is 8. The minimum Gasteiger partial charge on any atom is -0.0793 e. The molecule has 1 heteroatoms. The van der Waals surface area contributed by atoms with Gasteiger partial charge >= 0.3 is 0 Å². The second kappa shape index (κ2) is 4.65. The van der Waals surface area contributed by atoms with Gasteiger partial charge in [0, 0.05) is 14.2 Å². The van der Waals surface area contributed by atoms with Gasteiger partial charge in [-0.1, -0.05) is 78.5 Å². The smallest absolute Gasteiger partial charge is 0.0471 e. The lowest BCUT2D eigenvalue weighted by molar-refractivity contribution is 1.00. The Morgan fingerprint density at radius 2 is 1.28 bits per heavy atom. The molecule has 0 saturated heterocycles. The Morgan fingerprint density at radius 3 is 1.96 bits per heavy atom. The third-order valence-corrected chi connectivity index (χ3v) is 7.20. The SMILES string of the molecule is C1=CC2([Si]=CC=C3C2=Cc2ccccc23)C2=Cc3ccccc3C2=C1. The van der Waals surface area contributed by atoms with Crippen molar-refractivity contribution in [3.63, 3.8) is 0 Å². The average molecular weight is 331 g/mol. The first-order valence-electron chi connectivity index (χ1n) is 8.71. The molecule has 6 rings (SSSR count). The first kappa shape index (κ1) is 13.5. The summed E-state index contributed by atoms with van der Waals surface area (Å²) < 4.78 is 0. The molecule has 2 aromatic rings. The minimum absolute atomic E-state index is 0.00773. The van der Waals surface area contributed by atoms with Gasteiger partial charge in [-0.3, -0.25) is 0 Å². The highest BCUT2D eigenvalue weighted by atomic mass is 28.2. The van der Waals surface area contributed by atoms with E-state index in [4.69, 9.17) is 0 Å².